The Hall–Kier alpha value is -2.25. The number of nitrogens with one attached hydrogen (secondary N) is 1. The van der Waals surface area contributed by atoms with Gasteiger partial charge in [-0.15, -0.1) is 11.3 Å². The van der Waals surface area contributed by atoms with Crippen LogP contribution in [0.25, 0.3) is 0 Å². The maximum atomic E-state index is 12.0. The zero-order chi connectivity index (χ0) is 17.0. The van der Waals surface area contributed by atoms with Gasteiger partial charge in [-0.3, -0.25) is 4.79 Å². The van der Waals surface area contributed by atoms with E-state index in [-0.39, 0.29) is 12.2 Å². The quantitative estimate of drug-likeness (QED) is 0.745. The van der Waals surface area contributed by atoms with Gasteiger partial charge in [-0.1, -0.05) is 29.8 Å². The lowest BCUT2D eigenvalue weighted by molar-refractivity contribution is -0.155. The van der Waals surface area contributed by atoms with Crippen LogP contribution in [-0.2, 0) is 11.2 Å². The summed E-state index contributed by atoms with van der Waals surface area (Å²) in [5, 5.41) is 23.2. The highest BCUT2D eigenvalue weighted by Crippen LogP contribution is 2.15. The summed E-state index contributed by atoms with van der Waals surface area (Å²) in [6.45, 7) is 2.76. The van der Waals surface area contributed by atoms with Gasteiger partial charge in [-0.2, -0.15) is 0 Å². The summed E-state index contributed by atoms with van der Waals surface area (Å²) < 4.78 is 0. The molecule has 7 heteroatoms. The van der Waals surface area contributed by atoms with E-state index in [0.29, 0.717) is 6.42 Å². The van der Waals surface area contributed by atoms with E-state index in [1.807, 2.05) is 31.2 Å². The molecule has 1 amide bonds. The molecule has 0 spiro atoms. The van der Waals surface area contributed by atoms with Crippen LogP contribution in [0.4, 0.5) is 0 Å². The van der Waals surface area contributed by atoms with Gasteiger partial charge in [-0.25, -0.2) is 9.78 Å². The van der Waals surface area contributed by atoms with Crippen LogP contribution in [0, 0.1) is 6.92 Å². The Morgan fingerprint density at radius 3 is 2.57 bits per heavy atom. The van der Waals surface area contributed by atoms with Crippen molar-refractivity contribution in [3.63, 3.8) is 0 Å². The molecule has 0 radical (unpaired) electrons. The number of aromatic nitrogens is 1. The normalized spacial score (nSPS) is 13.3. The lowest BCUT2D eigenvalue weighted by Gasteiger charge is -2.17. The maximum Gasteiger partial charge on any atom is 0.337 e. The lowest BCUT2D eigenvalue weighted by atomic mass is 10.1. The number of aryl methyl sites for hydroxylation is 1. The number of hydrogen-bond donors (Lipinski definition) is 3. The van der Waals surface area contributed by atoms with Gasteiger partial charge in [0.15, 0.2) is 5.60 Å². The third kappa shape index (κ3) is 4.61. The first-order valence-corrected chi connectivity index (χ1v) is 7.90. The van der Waals surface area contributed by atoms with Crippen molar-refractivity contribution in [2.24, 2.45) is 0 Å². The van der Waals surface area contributed by atoms with Crippen LogP contribution in [-0.4, -0.2) is 39.2 Å². The number of hydrogen-bond acceptors (Lipinski definition) is 5. The number of aliphatic carboxylic acids is 1. The molecule has 0 aliphatic heterocycles. The summed E-state index contributed by atoms with van der Waals surface area (Å²) in [4.78, 5) is 27.0. The first-order valence-electron chi connectivity index (χ1n) is 7.02. The molecule has 1 aromatic carbocycles. The molecule has 0 aliphatic carbocycles. The van der Waals surface area contributed by atoms with Crippen molar-refractivity contribution < 1.29 is 19.8 Å². The molecule has 1 atom stereocenters. The van der Waals surface area contributed by atoms with Gasteiger partial charge in [0, 0.05) is 11.8 Å². The van der Waals surface area contributed by atoms with E-state index in [1.165, 1.54) is 16.9 Å². The number of nitrogens with zero attached hydrogens (tertiary/aromatic N) is 1. The molecule has 3 N–H and O–H groups in total. The summed E-state index contributed by atoms with van der Waals surface area (Å²) in [5.41, 5.74) is 0.499. The monoisotopic (exact) mass is 334 g/mol. The highest BCUT2D eigenvalue weighted by molar-refractivity contribution is 7.09. The number of aliphatic hydroxyl groups is 1. The van der Waals surface area contributed by atoms with Gasteiger partial charge in [0.05, 0.1) is 11.6 Å². The Balaban J connectivity index is 1.97. The number of rotatable bonds is 6. The van der Waals surface area contributed by atoms with Crippen LogP contribution in [0.15, 0.2) is 29.6 Å². The maximum absolute atomic E-state index is 12.0. The van der Waals surface area contributed by atoms with Crippen molar-refractivity contribution in [1.29, 1.82) is 0 Å². The molecule has 1 heterocycles. The molecule has 122 valence electrons. The second-order valence-electron chi connectivity index (χ2n) is 5.55. The Morgan fingerprint density at radius 1 is 1.30 bits per heavy atom. The molecular weight excluding hydrogens is 316 g/mol. The van der Waals surface area contributed by atoms with E-state index in [0.717, 1.165) is 17.5 Å². The molecule has 0 saturated heterocycles. The van der Waals surface area contributed by atoms with Crippen molar-refractivity contribution in [1.82, 2.24) is 10.3 Å². The topological polar surface area (TPSA) is 99.5 Å². The average molecular weight is 334 g/mol. The fourth-order valence-electron chi connectivity index (χ4n) is 1.80. The highest BCUT2D eigenvalue weighted by Gasteiger charge is 2.30. The minimum Gasteiger partial charge on any atom is -0.479 e. The molecule has 0 bridgehead atoms. The molecule has 2 aromatic rings. The number of carbonyl (C=O) groups is 2. The van der Waals surface area contributed by atoms with Crippen LogP contribution < -0.4 is 5.32 Å². The zero-order valence-corrected chi connectivity index (χ0v) is 13.7. The van der Waals surface area contributed by atoms with Crippen molar-refractivity contribution in [3.8, 4) is 0 Å². The smallest absolute Gasteiger partial charge is 0.337 e. The summed E-state index contributed by atoms with van der Waals surface area (Å²) in [7, 11) is 0. The number of amides is 1. The van der Waals surface area contributed by atoms with E-state index in [1.54, 1.807) is 5.38 Å². The molecule has 0 aliphatic rings. The van der Waals surface area contributed by atoms with Gasteiger partial charge in [-0.05, 0) is 19.4 Å². The lowest BCUT2D eigenvalue weighted by Crippen LogP contribution is -2.46. The van der Waals surface area contributed by atoms with Gasteiger partial charge in [0.1, 0.15) is 5.69 Å². The molecule has 0 saturated carbocycles. The van der Waals surface area contributed by atoms with E-state index in [4.69, 9.17) is 5.11 Å². The van der Waals surface area contributed by atoms with Crippen LogP contribution in [0.2, 0.25) is 0 Å². The fraction of sp³-hybridized carbons (Fsp3) is 0.312. The van der Waals surface area contributed by atoms with Crippen molar-refractivity contribution in [2.45, 2.75) is 25.9 Å². The van der Waals surface area contributed by atoms with E-state index in [9.17, 15) is 14.7 Å². The van der Waals surface area contributed by atoms with Crippen molar-refractivity contribution in [3.05, 3.63) is 51.5 Å². The predicted molar refractivity (Wildman–Crippen MR) is 86.7 cm³/mol. The van der Waals surface area contributed by atoms with E-state index < -0.39 is 17.5 Å². The van der Waals surface area contributed by atoms with Crippen LogP contribution >= 0.6 is 11.3 Å². The predicted octanol–water partition coefficient (Wildman–Crippen LogP) is 1.61. The van der Waals surface area contributed by atoms with Gasteiger partial charge < -0.3 is 15.5 Å². The number of carbonyl (C=O) groups excluding carboxylic acids is 1. The molecule has 23 heavy (non-hydrogen) atoms. The largest absolute Gasteiger partial charge is 0.479 e. The van der Waals surface area contributed by atoms with Crippen molar-refractivity contribution >= 4 is 23.2 Å². The second kappa shape index (κ2) is 6.89. The van der Waals surface area contributed by atoms with Gasteiger partial charge >= 0.3 is 5.97 Å². The average Bonchev–Trinajstić information content (AvgIpc) is 2.96. The molecular formula is C16H18N2O4S. The zero-order valence-electron chi connectivity index (χ0n) is 12.9. The standard InChI is InChI=1S/C16H18N2O4S/c1-10-3-5-11(6-4-10)7-13-18-12(8-23-13)14(19)17-9-16(2,22)15(20)21/h3-6,8,22H,7,9H2,1-2H3,(H,17,19)(H,20,21). The van der Waals surface area contributed by atoms with Gasteiger partial charge in [0.2, 0.25) is 0 Å². The SMILES string of the molecule is Cc1ccc(Cc2nc(C(=O)NCC(C)(O)C(=O)O)cs2)cc1. The number of carboxylic acids is 1. The Bertz CT molecular complexity index is 707. The molecule has 6 nitrogen and oxygen atoms in total. The fourth-order valence-corrected chi connectivity index (χ4v) is 2.60. The molecule has 1 unspecified atom stereocenters. The first-order chi connectivity index (χ1) is 10.8. The third-order valence-electron chi connectivity index (χ3n) is 3.31. The Labute approximate surface area is 137 Å². The van der Waals surface area contributed by atoms with Crippen LogP contribution in [0.3, 0.4) is 0 Å². The molecule has 2 rings (SSSR count). The molecule has 0 fully saturated rings. The number of carboxylic acid groups (broad SMARTS) is 1. The Kier molecular flexibility index (Phi) is 5.12. The highest BCUT2D eigenvalue weighted by atomic mass is 32.1. The third-order valence-corrected chi connectivity index (χ3v) is 4.16. The summed E-state index contributed by atoms with van der Waals surface area (Å²) in [5.74, 6) is -1.89. The van der Waals surface area contributed by atoms with Gasteiger partial charge in [0.25, 0.3) is 5.91 Å². The van der Waals surface area contributed by atoms with Crippen LogP contribution in [0.5, 0.6) is 0 Å². The number of thiazole rings is 1. The van der Waals surface area contributed by atoms with Crippen molar-refractivity contribution in [2.75, 3.05) is 6.54 Å². The minimum absolute atomic E-state index is 0.221. The summed E-state index contributed by atoms with van der Waals surface area (Å²) >= 11 is 1.37. The molecule has 1 aromatic heterocycles. The first kappa shape index (κ1) is 17.1. The summed E-state index contributed by atoms with van der Waals surface area (Å²) in [6.07, 6.45) is 0.630. The Morgan fingerprint density at radius 2 is 1.96 bits per heavy atom. The van der Waals surface area contributed by atoms with E-state index >= 15 is 0 Å². The number of benzene rings is 1. The van der Waals surface area contributed by atoms with Crippen LogP contribution in [0.1, 0.15) is 33.5 Å². The minimum atomic E-state index is -2.00. The second-order valence-corrected chi connectivity index (χ2v) is 6.49. The summed E-state index contributed by atoms with van der Waals surface area (Å²) in [6, 6.07) is 8.07. The van der Waals surface area contributed by atoms with E-state index in [2.05, 4.69) is 10.3 Å².